The molecule has 6 heteroatoms. The van der Waals surface area contributed by atoms with Crippen LogP contribution in [0.5, 0.6) is 5.75 Å². The molecule has 2 rings (SSSR count). The van der Waals surface area contributed by atoms with Crippen molar-refractivity contribution in [2.45, 2.75) is 65.7 Å². The molecule has 132 valence electrons. The molecule has 5 nitrogen and oxygen atoms in total. The molecule has 1 heterocycles. The lowest BCUT2D eigenvalue weighted by Crippen LogP contribution is -2.41. The highest BCUT2D eigenvalue weighted by atomic mass is 16.7. The number of amides is 1. The van der Waals surface area contributed by atoms with Crippen LogP contribution < -0.4 is 15.5 Å². The fourth-order valence-electron chi connectivity index (χ4n) is 2.48. The Labute approximate surface area is 145 Å². The molecule has 0 bridgehead atoms. The van der Waals surface area contributed by atoms with Gasteiger partial charge in [-0.05, 0) is 71.6 Å². The molecule has 0 spiro atoms. The van der Waals surface area contributed by atoms with Gasteiger partial charge in [-0.3, -0.25) is 4.79 Å². The van der Waals surface area contributed by atoms with Crippen molar-refractivity contribution in [3.63, 3.8) is 0 Å². The summed E-state index contributed by atoms with van der Waals surface area (Å²) in [5, 5.41) is 2.80. The van der Waals surface area contributed by atoms with Gasteiger partial charge in [0.05, 0.1) is 11.2 Å². The number of rotatable bonds is 5. The van der Waals surface area contributed by atoms with Crippen LogP contribution in [0, 0.1) is 6.92 Å². The maximum atomic E-state index is 11.7. The third-order valence-electron chi connectivity index (χ3n) is 4.57. The lowest BCUT2D eigenvalue weighted by Gasteiger charge is -2.32. The van der Waals surface area contributed by atoms with Crippen molar-refractivity contribution >= 4 is 18.5 Å². The molecular formula is C18H28BNO4. The van der Waals surface area contributed by atoms with E-state index < -0.39 is 7.12 Å². The summed E-state index contributed by atoms with van der Waals surface area (Å²) >= 11 is 0. The number of carbonyl (C=O) groups excluding carboxylic acids is 1. The molecule has 1 saturated heterocycles. The molecule has 0 saturated carbocycles. The smallest absolute Gasteiger partial charge is 0.484 e. The van der Waals surface area contributed by atoms with Crippen LogP contribution in [0.15, 0.2) is 18.2 Å². The van der Waals surface area contributed by atoms with Gasteiger partial charge in [0, 0.05) is 6.04 Å². The maximum Gasteiger partial charge on any atom is 0.495 e. The first-order valence-electron chi connectivity index (χ1n) is 8.40. The van der Waals surface area contributed by atoms with Crippen LogP contribution in [0.2, 0.25) is 0 Å². The topological polar surface area (TPSA) is 56.8 Å². The second-order valence-corrected chi connectivity index (χ2v) is 7.62. The van der Waals surface area contributed by atoms with Gasteiger partial charge in [-0.15, -0.1) is 0 Å². The summed E-state index contributed by atoms with van der Waals surface area (Å²) in [5.41, 5.74) is 1.26. The van der Waals surface area contributed by atoms with Gasteiger partial charge < -0.3 is 19.4 Å². The van der Waals surface area contributed by atoms with Gasteiger partial charge in [0.1, 0.15) is 5.75 Å². The first kappa shape index (κ1) is 18.8. The van der Waals surface area contributed by atoms with E-state index in [4.69, 9.17) is 14.0 Å². The minimum absolute atomic E-state index is 0.00740. The van der Waals surface area contributed by atoms with Crippen molar-refractivity contribution in [1.29, 1.82) is 0 Å². The monoisotopic (exact) mass is 333 g/mol. The second kappa shape index (κ2) is 6.77. The highest BCUT2D eigenvalue weighted by molar-refractivity contribution is 6.62. The van der Waals surface area contributed by atoms with Crippen molar-refractivity contribution in [2.24, 2.45) is 0 Å². The summed E-state index contributed by atoms with van der Waals surface area (Å²) in [6.45, 7) is 14.0. The molecule has 24 heavy (non-hydrogen) atoms. The van der Waals surface area contributed by atoms with Gasteiger partial charge in [-0.25, -0.2) is 0 Å². The number of benzene rings is 1. The molecule has 1 amide bonds. The number of hydrogen-bond donors (Lipinski definition) is 1. The normalized spacial score (nSPS) is 18.8. The summed E-state index contributed by atoms with van der Waals surface area (Å²) in [4.78, 5) is 11.7. The Hall–Kier alpha value is -1.53. The van der Waals surface area contributed by atoms with Gasteiger partial charge in [0.2, 0.25) is 0 Å². The highest BCUT2D eigenvalue weighted by Gasteiger charge is 2.52. The molecule has 1 fully saturated rings. The summed E-state index contributed by atoms with van der Waals surface area (Å²) in [6.07, 6.45) is 0. The fraction of sp³-hybridized carbons (Fsp3) is 0.611. The predicted octanol–water partition coefficient (Wildman–Crippen LogP) is 2.20. The molecule has 0 unspecified atom stereocenters. The summed E-state index contributed by atoms with van der Waals surface area (Å²) in [7, 11) is -0.395. The molecule has 1 aliphatic heterocycles. The SMILES string of the molecule is Cc1cc(OCC(=O)NC(C)C)ccc1B1OC(C)(C)C(C)(C)O1. The van der Waals surface area contributed by atoms with Crippen LogP contribution in [-0.4, -0.2) is 36.9 Å². The molecule has 1 aliphatic rings. The van der Waals surface area contributed by atoms with Crippen molar-refractivity contribution in [2.75, 3.05) is 6.61 Å². The van der Waals surface area contributed by atoms with E-state index in [0.717, 1.165) is 11.0 Å². The predicted molar refractivity (Wildman–Crippen MR) is 95.7 cm³/mol. The van der Waals surface area contributed by atoms with Crippen LogP contribution in [0.4, 0.5) is 0 Å². The zero-order chi connectivity index (χ0) is 18.1. The zero-order valence-corrected chi connectivity index (χ0v) is 15.7. The van der Waals surface area contributed by atoms with Gasteiger partial charge in [0.25, 0.3) is 5.91 Å². The Morgan fingerprint density at radius 1 is 1.21 bits per heavy atom. The van der Waals surface area contributed by atoms with E-state index in [0.29, 0.717) is 5.75 Å². The standard InChI is InChI=1S/C18H28BNO4/c1-12(2)20-16(21)11-22-14-8-9-15(13(3)10-14)19-23-17(4,5)18(6,7)24-19/h8-10,12H,11H2,1-7H3,(H,20,21). The second-order valence-electron chi connectivity index (χ2n) is 7.62. The van der Waals surface area contributed by atoms with Crippen LogP contribution in [0.25, 0.3) is 0 Å². The third kappa shape index (κ3) is 4.11. The van der Waals surface area contributed by atoms with Gasteiger partial charge >= 0.3 is 7.12 Å². The largest absolute Gasteiger partial charge is 0.495 e. The number of hydrogen-bond acceptors (Lipinski definition) is 4. The molecule has 1 N–H and O–H groups in total. The van der Waals surface area contributed by atoms with Crippen molar-refractivity contribution in [3.05, 3.63) is 23.8 Å². The van der Waals surface area contributed by atoms with E-state index >= 15 is 0 Å². The zero-order valence-electron chi connectivity index (χ0n) is 15.7. The molecule has 1 aromatic rings. The molecule has 0 aliphatic carbocycles. The van der Waals surface area contributed by atoms with Crippen LogP contribution in [-0.2, 0) is 14.1 Å². The number of carbonyl (C=O) groups is 1. The Kier molecular flexibility index (Phi) is 5.30. The fourth-order valence-corrected chi connectivity index (χ4v) is 2.48. The van der Waals surface area contributed by atoms with Crippen molar-refractivity contribution in [3.8, 4) is 5.75 Å². The molecule has 1 aromatic carbocycles. The highest BCUT2D eigenvalue weighted by Crippen LogP contribution is 2.36. The summed E-state index contributed by atoms with van der Waals surface area (Å²) in [6, 6.07) is 5.79. The lowest BCUT2D eigenvalue weighted by atomic mass is 9.76. The van der Waals surface area contributed by atoms with Crippen molar-refractivity contribution in [1.82, 2.24) is 5.32 Å². The quantitative estimate of drug-likeness (QED) is 0.840. The first-order chi connectivity index (χ1) is 11.0. The molecule has 0 radical (unpaired) electrons. The van der Waals surface area contributed by atoms with Gasteiger partial charge in [-0.2, -0.15) is 0 Å². The Morgan fingerprint density at radius 3 is 2.29 bits per heavy atom. The number of ether oxygens (including phenoxy) is 1. The van der Waals surface area contributed by atoms with E-state index in [1.807, 2.05) is 66.7 Å². The average Bonchev–Trinajstić information content (AvgIpc) is 2.64. The lowest BCUT2D eigenvalue weighted by molar-refractivity contribution is -0.123. The van der Waals surface area contributed by atoms with E-state index in [2.05, 4.69) is 5.32 Å². The van der Waals surface area contributed by atoms with E-state index in [1.54, 1.807) is 0 Å². The van der Waals surface area contributed by atoms with E-state index in [-0.39, 0.29) is 29.8 Å². The molecule has 0 aromatic heterocycles. The average molecular weight is 333 g/mol. The third-order valence-corrected chi connectivity index (χ3v) is 4.57. The maximum absolute atomic E-state index is 11.7. The van der Waals surface area contributed by atoms with E-state index in [1.165, 1.54) is 0 Å². The van der Waals surface area contributed by atoms with Crippen LogP contribution >= 0.6 is 0 Å². The minimum atomic E-state index is -0.395. The summed E-state index contributed by atoms with van der Waals surface area (Å²) in [5.74, 6) is 0.532. The molecular weight excluding hydrogens is 305 g/mol. The van der Waals surface area contributed by atoms with Crippen molar-refractivity contribution < 1.29 is 18.8 Å². The van der Waals surface area contributed by atoms with Gasteiger partial charge in [-0.1, -0.05) is 6.07 Å². The van der Waals surface area contributed by atoms with E-state index in [9.17, 15) is 4.79 Å². The van der Waals surface area contributed by atoms with Crippen LogP contribution in [0.3, 0.4) is 0 Å². The van der Waals surface area contributed by atoms with Gasteiger partial charge in [0.15, 0.2) is 6.61 Å². The Bertz CT molecular complexity index is 597. The molecule has 0 atom stereocenters. The summed E-state index contributed by atoms with van der Waals surface area (Å²) < 4.78 is 17.7. The number of nitrogens with one attached hydrogen (secondary N) is 1. The number of aryl methyl sites for hydroxylation is 1. The minimum Gasteiger partial charge on any atom is -0.484 e. The Morgan fingerprint density at radius 2 is 1.79 bits per heavy atom. The first-order valence-corrected chi connectivity index (χ1v) is 8.40. The van der Waals surface area contributed by atoms with Crippen LogP contribution in [0.1, 0.15) is 47.1 Å². The Balaban J connectivity index is 2.04.